The standard InChI is InChI=1S/C26H29FN8O2/c1-33-9-11-34(12-10-33)19-4-2-3-18(13-19)29-26-28-14-20(27)24(32-26)30-22-8-7-21-25(31-22)35(15-17-5-6-17)23(36)16-37-21/h2-4,7-8,13-14,17H,5-6,9-12,15-16H2,1H3,(H2,28,29,30,31,32). The molecule has 2 aliphatic heterocycles. The van der Waals surface area contributed by atoms with Crippen molar-refractivity contribution in [3.63, 3.8) is 0 Å². The summed E-state index contributed by atoms with van der Waals surface area (Å²) < 4.78 is 20.2. The van der Waals surface area contributed by atoms with Crippen LogP contribution in [-0.4, -0.2) is 72.1 Å². The van der Waals surface area contributed by atoms with Crippen molar-refractivity contribution in [1.29, 1.82) is 0 Å². The first kappa shape index (κ1) is 23.4. The lowest BCUT2D eigenvalue weighted by atomic mass is 10.2. The topological polar surface area (TPSA) is 98.8 Å². The average Bonchev–Trinajstić information content (AvgIpc) is 3.73. The first-order valence-corrected chi connectivity index (χ1v) is 12.6. The maximum Gasteiger partial charge on any atom is 0.266 e. The van der Waals surface area contributed by atoms with Crippen molar-refractivity contribution in [2.45, 2.75) is 12.8 Å². The van der Waals surface area contributed by atoms with Gasteiger partial charge in [-0.15, -0.1) is 0 Å². The van der Waals surface area contributed by atoms with Gasteiger partial charge in [-0.25, -0.2) is 14.4 Å². The molecule has 1 amide bonds. The van der Waals surface area contributed by atoms with Crippen LogP contribution in [0.4, 0.5) is 39.2 Å². The number of likely N-dealkylation sites (N-methyl/N-ethyl adjacent to an activating group) is 1. The number of nitrogens with one attached hydrogen (secondary N) is 2. The molecule has 11 heteroatoms. The maximum absolute atomic E-state index is 14.6. The van der Waals surface area contributed by atoms with Crippen molar-refractivity contribution >= 4 is 40.7 Å². The van der Waals surface area contributed by atoms with Gasteiger partial charge in [-0.05, 0) is 56.1 Å². The van der Waals surface area contributed by atoms with Gasteiger partial charge < -0.3 is 25.2 Å². The second-order valence-electron chi connectivity index (χ2n) is 9.74. The Morgan fingerprint density at radius 3 is 2.73 bits per heavy atom. The number of piperazine rings is 1. The van der Waals surface area contributed by atoms with Crippen LogP contribution in [0.15, 0.2) is 42.6 Å². The molecule has 1 saturated carbocycles. The van der Waals surface area contributed by atoms with Crippen LogP contribution in [-0.2, 0) is 4.79 Å². The molecule has 3 aliphatic rings. The highest BCUT2D eigenvalue weighted by molar-refractivity contribution is 5.97. The van der Waals surface area contributed by atoms with E-state index in [0.717, 1.165) is 56.6 Å². The molecule has 0 spiro atoms. The fraction of sp³-hybridized carbons (Fsp3) is 0.385. The minimum absolute atomic E-state index is 0.000246. The van der Waals surface area contributed by atoms with Crippen molar-refractivity contribution in [3.05, 3.63) is 48.4 Å². The summed E-state index contributed by atoms with van der Waals surface area (Å²) >= 11 is 0. The molecule has 2 fully saturated rings. The molecule has 0 atom stereocenters. The van der Waals surface area contributed by atoms with Crippen LogP contribution < -0.4 is 25.2 Å². The Labute approximate surface area is 214 Å². The van der Waals surface area contributed by atoms with E-state index in [-0.39, 0.29) is 24.3 Å². The van der Waals surface area contributed by atoms with Gasteiger partial charge in [-0.3, -0.25) is 9.69 Å². The van der Waals surface area contributed by atoms with Crippen molar-refractivity contribution in [2.75, 3.05) is 66.8 Å². The second-order valence-corrected chi connectivity index (χ2v) is 9.74. The summed E-state index contributed by atoms with van der Waals surface area (Å²) in [6.45, 7) is 4.58. The number of pyridine rings is 1. The highest BCUT2D eigenvalue weighted by Crippen LogP contribution is 2.37. The third kappa shape index (κ3) is 5.26. The monoisotopic (exact) mass is 504 g/mol. The molecule has 1 aliphatic carbocycles. The van der Waals surface area contributed by atoms with E-state index in [1.807, 2.05) is 18.2 Å². The average molecular weight is 505 g/mol. The van der Waals surface area contributed by atoms with Gasteiger partial charge in [0, 0.05) is 44.1 Å². The Hall–Kier alpha value is -3.99. The molecular weight excluding hydrogens is 475 g/mol. The fourth-order valence-corrected chi connectivity index (χ4v) is 4.50. The third-order valence-corrected chi connectivity index (χ3v) is 6.85. The summed E-state index contributed by atoms with van der Waals surface area (Å²) in [4.78, 5) is 31.8. The zero-order valence-electron chi connectivity index (χ0n) is 20.7. The number of ether oxygens (including phenoxy) is 1. The lowest BCUT2D eigenvalue weighted by Crippen LogP contribution is -2.44. The minimum atomic E-state index is -0.613. The highest BCUT2D eigenvalue weighted by atomic mass is 19.1. The molecule has 2 aromatic heterocycles. The molecule has 1 aromatic carbocycles. The molecule has 37 heavy (non-hydrogen) atoms. The van der Waals surface area contributed by atoms with E-state index in [2.05, 4.69) is 48.5 Å². The van der Waals surface area contributed by atoms with Crippen LogP contribution in [0.2, 0.25) is 0 Å². The molecule has 0 unspecified atom stereocenters. The Bertz CT molecular complexity index is 1310. The lowest BCUT2D eigenvalue weighted by Gasteiger charge is -2.34. The molecule has 2 N–H and O–H groups in total. The minimum Gasteiger partial charge on any atom is -0.480 e. The molecule has 4 heterocycles. The second kappa shape index (κ2) is 9.81. The van der Waals surface area contributed by atoms with E-state index in [1.165, 1.54) is 0 Å². The molecule has 3 aromatic rings. The van der Waals surface area contributed by atoms with Crippen LogP contribution in [0.25, 0.3) is 0 Å². The van der Waals surface area contributed by atoms with Gasteiger partial charge >= 0.3 is 0 Å². The molecule has 192 valence electrons. The summed E-state index contributed by atoms with van der Waals surface area (Å²) in [5.74, 6) is 1.34. The Kier molecular flexibility index (Phi) is 6.21. The number of aromatic nitrogens is 3. The number of hydrogen-bond acceptors (Lipinski definition) is 9. The molecular formula is C26H29FN8O2. The van der Waals surface area contributed by atoms with Crippen LogP contribution in [0.1, 0.15) is 12.8 Å². The fourth-order valence-electron chi connectivity index (χ4n) is 4.50. The number of carbonyl (C=O) groups excluding carboxylic acids is 1. The van der Waals surface area contributed by atoms with Gasteiger partial charge in [-0.2, -0.15) is 4.98 Å². The summed E-state index contributed by atoms with van der Waals surface area (Å²) in [6, 6.07) is 11.4. The van der Waals surface area contributed by atoms with Gasteiger partial charge in [0.05, 0.1) is 6.20 Å². The van der Waals surface area contributed by atoms with Gasteiger partial charge in [0.1, 0.15) is 5.82 Å². The van der Waals surface area contributed by atoms with E-state index in [1.54, 1.807) is 17.0 Å². The predicted octanol–water partition coefficient (Wildman–Crippen LogP) is 3.39. The van der Waals surface area contributed by atoms with Crippen molar-refractivity contribution in [3.8, 4) is 5.75 Å². The number of amides is 1. The van der Waals surface area contributed by atoms with Crippen LogP contribution in [0.5, 0.6) is 5.75 Å². The highest BCUT2D eigenvalue weighted by Gasteiger charge is 2.33. The molecule has 6 rings (SSSR count). The van der Waals surface area contributed by atoms with Gasteiger partial charge in [0.25, 0.3) is 5.91 Å². The van der Waals surface area contributed by atoms with Crippen molar-refractivity contribution < 1.29 is 13.9 Å². The zero-order valence-corrected chi connectivity index (χ0v) is 20.7. The largest absolute Gasteiger partial charge is 0.480 e. The number of halogens is 1. The van der Waals surface area contributed by atoms with E-state index in [4.69, 9.17) is 4.74 Å². The lowest BCUT2D eigenvalue weighted by molar-refractivity contribution is -0.121. The van der Waals surface area contributed by atoms with Crippen LogP contribution in [0, 0.1) is 11.7 Å². The first-order chi connectivity index (χ1) is 18.0. The number of rotatable bonds is 7. The number of fused-ring (bicyclic) bond motifs is 1. The van der Waals surface area contributed by atoms with Gasteiger partial charge in [0.2, 0.25) is 5.95 Å². The summed E-state index contributed by atoms with van der Waals surface area (Å²) in [5.41, 5.74) is 1.93. The first-order valence-electron chi connectivity index (χ1n) is 12.6. The third-order valence-electron chi connectivity index (χ3n) is 6.85. The Morgan fingerprint density at radius 1 is 1.08 bits per heavy atom. The maximum atomic E-state index is 14.6. The molecule has 0 bridgehead atoms. The van der Waals surface area contributed by atoms with E-state index < -0.39 is 5.82 Å². The number of benzene rings is 1. The number of hydrogen-bond donors (Lipinski definition) is 2. The summed E-state index contributed by atoms with van der Waals surface area (Å²) in [7, 11) is 2.13. The smallest absolute Gasteiger partial charge is 0.266 e. The number of carbonyl (C=O) groups is 1. The molecule has 1 saturated heterocycles. The van der Waals surface area contributed by atoms with Gasteiger partial charge in [0.15, 0.2) is 29.8 Å². The quantitative estimate of drug-likeness (QED) is 0.502. The van der Waals surface area contributed by atoms with Crippen LogP contribution in [0.3, 0.4) is 0 Å². The van der Waals surface area contributed by atoms with E-state index >= 15 is 0 Å². The normalized spacial score (nSPS) is 17.8. The Morgan fingerprint density at radius 2 is 1.92 bits per heavy atom. The molecule has 10 nitrogen and oxygen atoms in total. The summed E-state index contributed by atoms with van der Waals surface area (Å²) in [5, 5.41) is 6.11. The van der Waals surface area contributed by atoms with E-state index in [9.17, 15) is 9.18 Å². The predicted molar refractivity (Wildman–Crippen MR) is 140 cm³/mol. The zero-order chi connectivity index (χ0) is 25.4. The van der Waals surface area contributed by atoms with Gasteiger partial charge in [-0.1, -0.05) is 6.07 Å². The number of nitrogens with zero attached hydrogens (tertiary/aromatic N) is 6. The van der Waals surface area contributed by atoms with E-state index in [0.29, 0.717) is 29.8 Å². The molecule has 0 radical (unpaired) electrons. The Balaban J connectivity index is 1.19. The van der Waals surface area contributed by atoms with Crippen molar-refractivity contribution in [1.82, 2.24) is 19.9 Å². The SMILES string of the molecule is CN1CCN(c2cccc(Nc3ncc(F)c(Nc4ccc5c(n4)N(CC4CC4)C(=O)CO5)n3)c2)CC1. The van der Waals surface area contributed by atoms with Crippen molar-refractivity contribution in [2.24, 2.45) is 5.92 Å². The van der Waals surface area contributed by atoms with Crippen LogP contribution >= 0.6 is 0 Å². The summed E-state index contributed by atoms with van der Waals surface area (Å²) in [6.07, 6.45) is 3.34. The number of anilines is 6.